The highest BCUT2D eigenvalue weighted by atomic mass is 16.3. The topological polar surface area (TPSA) is 52.6 Å². The number of nitrogens with one attached hydrogen (secondary N) is 1. The maximum Gasteiger partial charge on any atom is 0.234 e. The quantitative estimate of drug-likeness (QED) is 0.743. The maximum atomic E-state index is 12.0. The molecular formula is C14H26N2O2. The molecule has 4 nitrogen and oxygen atoms in total. The minimum absolute atomic E-state index is 0.141. The monoisotopic (exact) mass is 254 g/mol. The number of hydrogen-bond acceptors (Lipinski definition) is 3. The lowest BCUT2D eigenvalue weighted by Crippen LogP contribution is -2.44. The van der Waals surface area contributed by atoms with E-state index in [-0.39, 0.29) is 18.6 Å². The predicted octanol–water partition coefficient (Wildman–Crippen LogP) is 1.28. The van der Waals surface area contributed by atoms with Crippen molar-refractivity contribution in [1.82, 2.24) is 10.2 Å². The van der Waals surface area contributed by atoms with Crippen molar-refractivity contribution in [2.75, 3.05) is 19.7 Å². The Bertz CT molecular complexity index is 263. The van der Waals surface area contributed by atoms with Crippen molar-refractivity contribution in [3.05, 3.63) is 0 Å². The Morgan fingerprint density at radius 2 is 1.83 bits per heavy atom. The predicted molar refractivity (Wildman–Crippen MR) is 71.3 cm³/mol. The Morgan fingerprint density at radius 3 is 2.50 bits per heavy atom. The van der Waals surface area contributed by atoms with Crippen molar-refractivity contribution in [1.29, 1.82) is 0 Å². The molecule has 2 aliphatic rings. The molecule has 104 valence electrons. The maximum absolute atomic E-state index is 12.0. The van der Waals surface area contributed by atoms with Crippen LogP contribution in [0.2, 0.25) is 0 Å². The van der Waals surface area contributed by atoms with Crippen LogP contribution in [0.15, 0.2) is 0 Å². The molecule has 1 aliphatic carbocycles. The van der Waals surface area contributed by atoms with E-state index in [9.17, 15) is 9.90 Å². The molecule has 1 heterocycles. The van der Waals surface area contributed by atoms with E-state index >= 15 is 0 Å². The van der Waals surface area contributed by atoms with E-state index in [2.05, 4.69) is 10.2 Å². The molecule has 1 saturated heterocycles. The van der Waals surface area contributed by atoms with Gasteiger partial charge in [0.1, 0.15) is 0 Å². The van der Waals surface area contributed by atoms with Crippen LogP contribution in [0.1, 0.15) is 51.4 Å². The minimum atomic E-state index is 0.141. The van der Waals surface area contributed by atoms with Gasteiger partial charge < -0.3 is 10.4 Å². The molecule has 0 radical (unpaired) electrons. The molecule has 4 heteroatoms. The van der Waals surface area contributed by atoms with E-state index < -0.39 is 0 Å². The van der Waals surface area contributed by atoms with Gasteiger partial charge in [0.2, 0.25) is 5.91 Å². The first kappa shape index (κ1) is 13.8. The van der Waals surface area contributed by atoms with Crippen molar-refractivity contribution in [2.24, 2.45) is 0 Å². The molecule has 1 aliphatic heterocycles. The molecule has 0 aromatic rings. The highest BCUT2D eigenvalue weighted by Crippen LogP contribution is 2.18. The van der Waals surface area contributed by atoms with Crippen molar-refractivity contribution >= 4 is 5.91 Å². The lowest BCUT2D eigenvalue weighted by molar-refractivity contribution is -0.123. The summed E-state index contributed by atoms with van der Waals surface area (Å²) in [6, 6.07) is 0.583. The summed E-state index contributed by atoms with van der Waals surface area (Å²) in [5.74, 6) is 0.141. The molecular weight excluding hydrogens is 228 g/mol. The summed E-state index contributed by atoms with van der Waals surface area (Å²) in [7, 11) is 0. The van der Waals surface area contributed by atoms with Gasteiger partial charge in [-0.05, 0) is 32.2 Å². The van der Waals surface area contributed by atoms with E-state index in [0.29, 0.717) is 12.6 Å². The third-order valence-corrected chi connectivity index (χ3v) is 4.28. The van der Waals surface area contributed by atoms with Crippen LogP contribution in [0, 0.1) is 0 Å². The van der Waals surface area contributed by atoms with Gasteiger partial charge >= 0.3 is 0 Å². The normalized spacial score (nSPS) is 27.1. The van der Waals surface area contributed by atoms with E-state index in [1.807, 2.05) is 0 Å². The fourth-order valence-corrected chi connectivity index (χ4v) is 3.19. The first-order valence-electron chi connectivity index (χ1n) is 7.44. The van der Waals surface area contributed by atoms with Gasteiger partial charge in [-0.3, -0.25) is 9.69 Å². The first-order valence-corrected chi connectivity index (χ1v) is 7.44. The Kier molecular flexibility index (Phi) is 5.45. The molecule has 2 N–H and O–H groups in total. The Labute approximate surface area is 110 Å². The first-order chi connectivity index (χ1) is 8.79. The van der Waals surface area contributed by atoms with Gasteiger partial charge in [0.25, 0.3) is 0 Å². The van der Waals surface area contributed by atoms with Gasteiger partial charge in [-0.15, -0.1) is 0 Å². The number of amides is 1. The van der Waals surface area contributed by atoms with E-state index in [1.54, 1.807) is 0 Å². The van der Waals surface area contributed by atoms with Crippen LogP contribution in [0.4, 0.5) is 0 Å². The molecule has 0 unspecified atom stereocenters. The number of aliphatic hydroxyl groups is 1. The Morgan fingerprint density at radius 1 is 1.11 bits per heavy atom. The summed E-state index contributed by atoms with van der Waals surface area (Å²) >= 11 is 0. The number of carbonyl (C=O) groups is 1. The summed E-state index contributed by atoms with van der Waals surface area (Å²) in [5.41, 5.74) is 0. The molecule has 2 rings (SSSR count). The molecule has 0 spiro atoms. The number of carbonyl (C=O) groups excluding carboxylic acids is 1. The van der Waals surface area contributed by atoms with E-state index in [1.165, 1.54) is 25.7 Å². The fraction of sp³-hybridized carbons (Fsp3) is 0.929. The molecule has 1 atom stereocenters. The van der Waals surface area contributed by atoms with Crippen molar-refractivity contribution in [3.63, 3.8) is 0 Å². The zero-order valence-electron chi connectivity index (χ0n) is 11.2. The second-order valence-electron chi connectivity index (χ2n) is 5.71. The number of aliphatic hydroxyl groups excluding tert-OH is 1. The lowest BCUT2D eigenvalue weighted by atomic mass is 10.1. The number of nitrogens with zero attached hydrogens (tertiary/aromatic N) is 1. The summed E-state index contributed by atoms with van der Waals surface area (Å²) in [4.78, 5) is 14.1. The van der Waals surface area contributed by atoms with Gasteiger partial charge in [-0.2, -0.15) is 0 Å². The van der Waals surface area contributed by atoms with Gasteiger partial charge in [0, 0.05) is 12.1 Å². The molecule has 1 amide bonds. The van der Waals surface area contributed by atoms with Crippen molar-refractivity contribution in [3.8, 4) is 0 Å². The minimum Gasteiger partial charge on any atom is -0.395 e. The average Bonchev–Trinajstić information content (AvgIpc) is 2.64. The third-order valence-electron chi connectivity index (χ3n) is 4.28. The fourth-order valence-electron chi connectivity index (χ4n) is 3.19. The highest BCUT2D eigenvalue weighted by molar-refractivity contribution is 5.78. The van der Waals surface area contributed by atoms with Crippen LogP contribution in [-0.2, 0) is 4.79 Å². The highest BCUT2D eigenvalue weighted by Gasteiger charge is 2.26. The van der Waals surface area contributed by atoms with Crippen LogP contribution < -0.4 is 5.32 Å². The van der Waals surface area contributed by atoms with Gasteiger partial charge in [0.05, 0.1) is 13.2 Å². The molecule has 1 saturated carbocycles. The Hall–Kier alpha value is -0.610. The van der Waals surface area contributed by atoms with Crippen molar-refractivity contribution in [2.45, 2.75) is 63.5 Å². The second kappa shape index (κ2) is 7.10. The van der Waals surface area contributed by atoms with Crippen LogP contribution >= 0.6 is 0 Å². The summed E-state index contributed by atoms with van der Waals surface area (Å²) in [6.45, 7) is 1.59. The summed E-state index contributed by atoms with van der Waals surface area (Å²) in [5, 5.41) is 12.4. The Balaban J connectivity index is 1.73. The van der Waals surface area contributed by atoms with Gasteiger partial charge in [-0.1, -0.05) is 25.7 Å². The van der Waals surface area contributed by atoms with Crippen LogP contribution in [-0.4, -0.2) is 47.7 Å². The largest absolute Gasteiger partial charge is 0.395 e. The smallest absolute Gasteiger partial charge is 0.234 e. The third kappa shape index (κ3) is 3.95. The lowest BCUT2D eigenvalue weighted by Gasteiger charge is -2.23. The number of rotatable bonds is 4. The zero-order valence-corrected chi connectivity index (χ0v) is 11.2. The summed E-state index contributed by atoms with van der Waals surface area (Å²) in [6.07, 6.45) is 9.50. The van der Waals surface area contributed by atoms with Gasteiger partial charge in [0.15, 0.2) is 0 Å². The van der Waals surface area contributed by atoms with Gasteiger partial charge in [-0.25, -0.2) is 0 Å². The SMILES string of the molecule is O=C(CN1CCC[C@@H]1CO)NC1CCCCCC1. The number of likely N-dealkylation sites (tertiary alicyclic amines) is 1. The molecule has 2 fully saturated rings. The summed E-state index contributed by atoms with van der Waals surface area (Å²) < 4.78 is 0. The average molecular weight is 254 g/mol. The molecule has 18 heavy (non-hydrogen) atoms. The van der Waals surface area contributed by atoms with E-state index in [0.717, 1.165) is 32.2 Å². The van der Waals surface area contributed by atoms with Crippen LogP contribution in [0.25, 0.3) is 0 Å². The zero-order chi connectivity index (χ0) is 12.8. The second-order valence-corrected chi connectivity index (χ2v) is 5.71. The molecule has 0 aromatic heterocycles. The van der Waals surface area contributed by atoms with Crippen molar-refractivity contribution < 1.29 is 9.90 Å². The van der Waals surface area contributed by atoms with Crippen LogP contribution in [0.3, 0.4) is 0 Å². The number of hydrogen-bond donors (Lipinski definition) is 2. The molecule has 0 bridgehead atoms. The standard InChI is InChI=1S/C14H26N2O2/c17-11-13-8-5-9-16(13)10-14(18)15-12-6-3-1-2-4-7-12/h12-13,17H,1-11H2,(H,15,18)/t13-/m1/s1. The van der Waals surface area contributed by atoms with Crippen LogP contribution in [0.5, 0.6) is 0 Å². The van der Waals surface area contributed by atoms with E-state index in [4.69, 9.17) is 0 Å². The molecule has 0 aromatic carbocycles.